The lowest BCUT2D eigenvalue weighted by Crippen LogP contribution is -2.46. The lowest BCUT2D eigenvalue weighted by molar-refractivity contribution is -0.125. The minimum atomic E-state index is -0.775. The van der Waals surface area contributed by atoms with Crippen LogP contribution < -0.4 is 5.32 Å². The predicted octanol–water partition coefficient (Wildman–Crippen LogP) is 2.17. The number of carbonyl (C=O) groups is 2. The third kappa shape index (κ3) is 3.36. The molecule has 1 N–H and O–H groups in total. The zero-order chi connectivity index (χ0) is 14.6. The van der Waals surface area contributed by atoms with Gasteiger partial charge in [0, 0.05) is 4.88 Å². The first kappa shape index (κ1) is 14.5. The second kappa shape index (κ2) is 6.06. The highest BCUT2D eigenvalue weighted by molar-refractivity contribution is 7.13. The van der Waals surface area contributed by atoms with Gasteiger partial charge in [-0.05, 0) is 44.7 Å². The number of thiophene rings is 1. The van der Waals surface area contributed by atoms with Crippen LogP contribution in [-0.2, 0) is 9.53 Å². The summed E-state index contributed by atoms with van der Waals surface area (Å²) in [4.78, 5) is 24.9. The Morgan fingerprint density at radius 2 is 2.15 bits per heavy atom. The molecule has 106 valence electrons. The molecule has 1 aromatic heterocycles. The van der Waals surface area contributed by atoms with Gasteiger partial charge in [0.15, 0.2) is 6.61 Å². The zero-order valence-electron chi connectivity index (χ0n) is 11.3. The lowest BCUT2D eigenvalue weighted by atomic mass is 10.00. The summed E-state index contributed by atoms with van der Waals surface area (Å²) in [6, 6.07) is 5.66. The summed E-state index contributed by atoms with van der Waals surface area (Å²) < 4.78 is 4.95. The summed E-state index contributed by atoms with van der Waals surface area (Å²) in [5.74, 6) is -0.925. The molecule has 0 unspecified atom stereocenters. The quantitative estimate of drug-likeness (QED) is 0.862. The maximum Gasteiger partial charge on any atom is 0.348 e. The van der Waals surface area contributed by atoms with Gasteiger partial charge in [0.25, 0.3) is 5.91 Å². The zero-order valence-corrected chi connectivity index (χ0v) is 12.1. The van der Waals surface area contributed by atoms with Crippen molar-refractivity contribution in [1.82, 2.24) is 5.32 Å². The van der Waals surface area contributed by atoms with Crippen molar-refractivity contribution < 1.29 is 14.3 Å². The van der Waals surface area contributed by atoms with Gasteiger partial charge in [-0.2, -0.15) is 5.26 Å². The van der Waals surface area contributed by atoms with Crippen LogP contribution in [0.4, 0.5) is 0 Å². The first-order valence-electron chi connectivity index (χ1n) is 6.50. The molecule has 0 aromatic carbocycles. The number of esters is 1. The number of rotatable bonds is 4. The van der Waals surface area contributed by atoms with Crippen molar-refractivity contribution in [2.45, 2.75) is 38.1 Å². The molecule has 0 spiro atoms. The summed E-state index contributed by atoms with van der Waals surface area (Å²) in [5, 5.41) is 11.8. The van der Waals surface area contributed by atoms with Crippen LogP contribution in [0.15, 0.2) is 12.1 Å². The fraction of sp³-hybridized carbons (Fsp3) is 0.500. The molecular weight excluding hydrogens is 276 g/mol. The van der Waals surface area contributed by atoms with E-state index < -0.39 is 17.4 Å². The van der Waals surface area contributed by atoms with Gasteiger partial charge in [-0.15, -0.1) is 11.3 Å². The first-order chi connectivity index (χ1) is 9.54. The molecule has 6 heteroatoms. The predicted molar refractivity (Wildman–Crippen MR) is 74.3 cm³/mol. The summed E-state index contributed by atoms with van der Waals surface area (Å²) >= 11 is 1.33. The lowest BCUT2D eigenvalue weighted by Gasteiger charge is -2.21. The second-order valence-electron chi connectivity index (χ2n) is 4.94. The molecule has 1 fully saturated rings. The summed E-state index contributed by atoms with van der Waals surface area (Å²) in [6.07, 6.45) is 3.19. The van der Waals surface area contributed by atoms with Crippen LogP contribution in [0.3, 0.4) is 0 Å². The number of nitriles is 1. The highest BCUT2D eigenvalue weighted by Crippen LogP contribution is 2.28. The fourth-order valence-electron chi connectivity index (χ4n) is 2.29. The van der Waals surface area contributed by atoms with Crippen molar-refractivity contribution in [2.75, 3.05) is 6.61 Å². The van der Waals surface area contributed by atoms with Gasteiger partial charge in [-0.3, -0.25) is 4.79 Å². The number of amides is 1. The Labute approximate surface area is 121 Å². The maximum atomic E-state index is 11.8. The van der Waals surface area contributed by atoms with E-state index in [1.807, 2.05) is 13.0 Å². The van der Waals surface area contributed by atoms with E-state index in [1.165, 1.54) is 11.3 Å². The number of nitrogens with zero attached hydrogens (tertiary/aromatic N) is 1. The molecule has 0 radical (unpaired) electrons. The van der Waals surface area contributed by atoms with Crippen molar-refractivity contribution in [3.63, 3.8) is 0 Å². The van der Waals surface area contributed by atoms with Gasteiger partial charge in [0.05, 0.1) is 6.07 Å². The summed E-state index contributed by atoms with van der Waals surface area (Å²) in [5.41, 5.74) is -0.775. The van der Waals surface area contributed by atoms with Crippen LogP contribution in [0.5, 0.6) is 0 Å². The van der Waals surface area contributed by atoms with E-state index in [0.29, 0.717) is 17.7 Å². The molecule has 1 aliphatic carbocycles. The number of hydrogen-bond acceptors (Lipinski definition) is 5. The third-order valence-corrected chi connectivity index (χ3v) is 4.31. The van der Waals surface area contributed by atoms with Gasteiger partial charge in [-0.1, -0.05) is 0 Å². The van der Waals surface area contributed by atoms with E-state index in [-0.39, 0.29) is 6.61 Å². The topological polar surface area (TPSA) is 79.2 Å². The van der Waals surface area contributed by atoms with E-state index in [4.69, 9.17) is 10.00 Å². The van der Waals surface area contributed by atoms with Crippen molar-refractivity contribution in [2.24, 2.45) is 0 Å². The Balaban J connectivity index is 1.83. The van der Waals surface area contributed by atoms with E-state index in [2.05, 4.69) is 11.4 Å². The Morgan fingerprint density at radius 3 is 2.70 bits per heavy atom. The second-order valence-corrected chi connectivity index (χ2v) is 6.22. The van der Waals surface area contributed by atoms with Gasteiger partial charge in [0.1, 0.15) is 10.4 Å². The molecule has 1 saturated carbocycles. The molecule has 0 saturated heterocycles. The van der Waals surface area contributed by atoms with E-state index in [1.54, 1.807) is 6.07 Å². The van der Waals surface area contributed by atoms with Crippen LogP contribution >= 0.6 is 11.3 Å². The standard InChI is InChI=1S/C14H16N2O3S/c1-10-4-5-11(20-10)13(18)19-8-12(17)16-14(9-15)6-2-3-7-14/h4-5H,2-3,6-8H2,1H3,(H,16,17). The number of hydrogen-bond donors (Lipinski definition) is 1. The van der Waals surface area contributed by atoms with Gasteiger partial charge >= 0.3 is 5.97 Å². The highest BCUT2D eigenvalue weighted by Gasteiger charge is 2.35. The first-order valence-corrected chi connectivity index (χ1v) is 7.32. The molecule has 1 aliphatic rings. The molecule has 5 nitrogen and oxygen atoms in total. The normalized spacial score (nSPS) is 16.4. The number of carbonyl (C=O) groups excluding carboxylic acids is 2. The van der Waals surface area contributed by atoms with Crippen molar-refractivity contribution in [3.8, 4) is 6.07 Å². The van der Waals surface area contributed by atoms with Crippen LogP contribution in [0.2, 0.25) is 0 Å². The molecule has 0 atom stereocenters. The Morgan fingerprint density at radius 1 is 1.45 bits per heavy atom. The highest BCUT2D eigenvalue weighted by atomic mass is 32.1. The molecule has 0 aliphatic heterocycles. The van der Waals surface area contributed by atoms with Crippen LogP contribution in [0.1, 0.15) is 40.2 Å². The molecule has 1 heterocycles. The Kier molecular flexibility index (Phi) is 4.40. The smallest absolute Gasteiger partial charge is 0.348 e. The van der Waals surface area contributed by atoms with Crippen LogP contribution in [-0.4, -0.2) is 24.0 Å². The number of ether oxygens (including phenoxy) is 1. The largest absolute Gasteiger partial charge is 0.451 e. The molecule has 1 amide bonds. The van der Waals surface area contributed by atoms with E-state index in [0.717, 1.165) is 17.7 Å². The van der Waals surface area contributed by atoms with Gasteiger partial charge < -0.3 is 10.1 Å². The Bertz CT molecular complexity index is 553. The summed E-state index contributed by atoms with van der Waals surface area (Å²) in [6.45, 7) is 1.55. The van der Waals surface area contributed by atoms with Crippen molar-refractivity contribution in [3.05, 3.63) is 21.9 Å². The molecule has 2 rings (SSSR count). The minimum Gasteiger partial charge on any atom is -0.451 e. The average Bonchev–Trinajstić information content (AvgIpc) is 3.06. The Hall–Kier alpha value is -1.87. The van der Waals surface area contributed by atoms with E-state index in [9.17, 15) is 9.59 Å². The van der Waals surface area contributed by atoms with Gasteiger partial charge in [0.2, 0.25) is 0 Å². The molecule has 20 heavy (non-hydrogen) atoms. The molecule has 0 bridgehead atoms. The fourth-order valence-corrected chi connectivity index (χ4v) is 3.05. The number of nitrogens with one attached hydrogen (secondary N) is 1. The van der Waals surface area contributed by atoms with Crippen molar-refractivity contribution >= 4 is 23.2 Å². The summed E-state index contributed by atoms with van der Waals surface area (Å²) in [7, 11) is 0. The van der Waals surface area contributed by atoms with Gasteiger partial charge in [-0.25, -0.2) is 4.79 Å². The molecule has 1 aromatic rings. The average molecular weight is 292 g/mol. The minimum absolute atomic E-state index is 0.348. The SMILES string of the molecule is Cc1ccc(C(=O)OCC(=O)NC2(C#N)CCCC2)s1. The number of aryl methyl sites for hydroxylation is 1. The molecular formula is C14H16N2O3S. The third-order valence-electron chi connectivity index (χ3n) is 3.33. The maximum absolute atomic E-state index is 11.8. The van der Waals surface area contributed by atoms with E-state index >= 15 is 0 Å². The van der Waals surface area contributed by atoms with Crippen LogP contribution in [0, 0.1) is 18.3 Å². The van der Waals surface area contributed by atoms with Crippen molar-refractivity contribution in [1.29, 1.82) is 5.26 Å². The monoisotopic (exact) mass is 292 g/mol. The van der Waals surface area contributed by atoms with Crippen LogP contribution in [0.25, 0.3) is 0 Å².